The van der Waals surface area contributed by atoms with Gasteiger partial charge in [0.25, 0.3) is 0 Å². The van der Waals surface area contributed by atoms with Crippen LogP contribution in [0, 0.1) is 27.3 Å². The Hall–Kier alpha value is -0.298. The van der Waals surface area contributed by atoms with Gasteiger partial charge in [-0.1, -0.05) is 70.0 Å². The molecule has 25 heavy (non-hydrogen) atoms. The smallest absolute Gasteiger partial charge is 0.306 e. The van der Waals surface area contributed by atoms with Crippen LogP contribution in [0.15, 0.2) is 36.4 Å². The van der Waals surface area contributed by atoms with Crippen LogP contribution >= 0.6 is 0 Å². The average Bonchev–Trinajstić information content (AvgIpc) is 2.54. The van der Waals surface area contributed by atoms with Gasteiger partial charge in [0.2, 0.25) is 0 Å². The Labute approximate surface area is 194 Å². The molecule has 0 fully saturated rings. The van der Waals surface area contributed by atoms with Crippen LogP contribution in [0.25, 0.3) is 11.1 Å². The average molecular weight is 587 g/mol. The SMILES string of the molecule is CC.CC.Cc1ccc(-c2[c-]c(CC(=O)O)c(C)cc2)cc1.[CH3-].[W].[Y]. The quantitative estimate of drug-likeness (QED) is 0.455. The molecule has 0 amide bonds. The van der Waals surface area contributed by atoms with Gasteiger partial charge in [-0.05, 0) is 6.92 Å². The van der Waals surface area contributed by atoms with Crippen LogP contribution in [-0.4, -0.2) is 11.1 Å². The summed E-state index contributed by atoms with van der Waals surface area (Å²) < 4.78 is 0. The fraction of sp³-hybridized carbons (Fsp3) is 0.333. The van der Waals surface area contributed by atoms with E-state index in [2.05, 4.69) is 6.07 Å². The number of rotatable bonds is 3. The van der Waals surface area contributed by atoms with Gasteiger partial charge < -0.3 is 12.5 Å². The third kappa shape index (κ3) is 11.8. The zero-order valence-electron chi connectivity index (χ0n) is 16.5. The summed E-state index contributed by atoms with van der Waals surface area (Å²) >= 11 is 0. The largest absolute Gasteiger partial charge is 0.481 e. The molecule has 0 spiro atoms. The maximum absolute atomic E-state index is 10.8. The summed E-state index contributed by atoms with van der Waals surface area (Å²) in [6.45, 7) is 12.0. The van der Waals surface area contributed by atoms with Crippen LogP contribution in [0.2, 0.25) is 0 Å². The molecule has 0 saturated heterocycles. The first-order chi connectivity index (χ1) is 10.6. The monoisotopic (exact) mass is 587 g/mol. The minimum Gasteiger partial charge on any atom is -0.481 e. The van der Waals surface area contributed by atoms with Crippen molar-refractivity contribution in [2.24, 2.45) is 0 Å². The standard InChI is InChI=1S/C16H15O2.2C2H6.CH3.W.Y/c1-11-3-6-13(7-4-11)14-8-5-12(2)15(9-14)10-16(17)18;2*1-2;;;/h3-8H,10H2,1-2H3,(H,17,18);2*1-2H3;1H3;;/q-1;;;-1;;. The zero-order chi connectivity index (χ0) is 17.1. The number of aliphatic carboxylic acids is 1. The number of carboxylic acids is 1. The number of carbonyl (C=O) groups is 1. The van der Waals surface area contributed by atoms with Crippen molar-refractivity contribution in [1.82, 2.24) is 0 Å². The molecular weight excluding hydrogens is 557 g/mol. The first kappa shape index (κ1) is 32.4. The predicted octanol–water partition coefficient (Wildman–Crippen LogP) is 5.90. The Morgan fingerprint density at radius 2 is 1.44 bits per heavy atom. The number of benzene rings is 2. The Bertz CT molecular complexity index is 581. The van der Waals surface area contributed by atoms with E-state index >= 15 is 0 Å². The van der Waals surface area contributed by atoms with Gasteiger partial charge in [0.05, 0.1) is 6.42 Å². The molecule has 2 nitrogen and oxygen atoms in total. The third-order valence-electron chi connectivity index (χ3n) is 2.95. The first-order valence-corrected chi connectivity index (χ1v) is 7.87. The molecular formula is C21H30O2WY-2. The molecule has 0 aromatic heterocycles. The van der Waals surface area contributed by atoms with Gasteiger partial charge in [0, 0.05) is 53.8 Å². The van der Waals surface area contributed by atoms with Crippen molar-refractivity contribution >= 4 is 5.97 Å². The number of hydrogen-bond donors (Lipinski definition) is 1. The van der Waals surface area contributed by atoms with Crippen molar-refractivity contribution in [2.75, 3.05) is 0 Å². The Balaban J connectivity index is -0.000000294. The van der Waals surface area contributed by atoms with Gasteiger partial charge in [-0.15, -0.1) is 34.9 Å². The number of aryl methyl sites for hydroxylation is 2. The van der Waals surface area contributed by atoms with Gasteiger partial charge in [-0.3, -0.25) is 4.79 Å². The van der Waals surface area contributed by atoms with E-state index in [1.54, 1.807) is 0 Å². The summed E-state index contributed by atoms with van der Waals surface area (Å²) in [5.41, 5.74) is 4.93. The van der Waals surface area contributed by atoms with Gasteiger partial charge >= 0.3 is 5.97 Å². The van der Waals surface area contributed by atoms with Crippen LogP contribution in [-0.2, 0) is 65.0 Å². The second kappa shape index (κ2) is 18.5. The Kier molecular flexibility index (Phi) is 24.0. The van der Waals surface area contributed by atoms with E-state index in [1.807, 2.05) is 77.9 Å². The van der Waals surface area contributed by atoms with Crippen molar-refractivity contribution in [3.63, 3.8) is 0 Å². The van der Waals surface area contributed by atoms with Crippen LogP contribution in [0.4, 0.5) is 0 Å². The molecule has 1 radical (unpaired) electrons. The van der Waals surface area contributed by atoms with Crippen molar-refractivity contribution in [3.05, 3.63) is 66.6 Å². The van der Waals surface area contributed by atoms with Crippen LogP contribution in [0.5, 0.6) is 0 Å². The molecule has 2 aromatic rings. The van der Waals surface area contributed by atoms with E-state index in [9.17, 15) is 4.79 Å². The normalized spacial score (nSPS) is 7.92. The van der Waals surface area contributed by atoms with Crippen molar-refractivity contribution in [1.29, 1.82) is 0 Å². The topological polar surface area (TPSA) is 37.3 Å². The minimum absolute atomic E-state index is 0. The molecule has 0 saturated carbocycles. The summed E-state index contributed by atoms with van der Waals surface area (Å²) in [6, 6.07) is 15.3. The van der Waals surface area contributed by atoms with Gasteiger partial charge in [0.15, 0.2) is 0 Å². The summed E-state index contributed by atoms with van der Waals surface area (Å²) in [5.74, 6) is -0.824. The molecule has 137 valence electrons. The van der Waals surface area contributed by atoms with Crippen molar-refractivity contribution in [2.45, 2.75) is 48.0 Å². The van der Waals surface area contributed by atoms with Gasteiger partial charge in [-0.25, -0.2) is 0 Å². The van der Waals surface area contributed by atoms with Gasteiger partial charge in [0.1, 0.15) is 0 Å². The molecule has 2 aromatic carbocycles. The molecule has 0 atom stereocenters. The van der Waals surface area contributed by atoms with E-state index in [-0.39, 0.29) is 67.6 Å². The second-order valence-corrected chi connectivity index (χ2v) is 4.47. The molecule has 1 N–H and O–H groups in total. The fourth-order valence-electron chi connectivity index (χ4n) is 1.85. The molecule has 2 rings (SSSR count). The molecule has 0 aliphatic rings. The van der Waals surface area contributed by atoms with Crippen LogP contribution in [0.3, 0.4) is 0 Å². The number of carboxylic acid groups (broad SMARTS) is 1. The molecule has 0 bridgehead atoms. The molecule has 0 aliphatic carbocycles. The summed E-state index contributed by atoms with van der Waals surface area (Å²) in [4.78, 5) is 10.8. The predicted molar refractivity (Wildman–Crippen MR) is 101 cm³/mol. The molecule has 0 heterocycles. The summed E-state index contributed by atoms with van der Waals surface area (Å²) in [7, 11) is 0. The zero-order valence-corrected chi connectivity index (χ0v) is 22.3. The number of hydrogen-bond acceptors (Lipinski definition) is 1. The maximum atomic E-state index is 10.8. The van der Waals surface area contributed by atoms with Crippen LogP contribution < -0.4 is 0 Å². The Morgan fingerprint density at radius 3 is 1.88 bits per heavy atom. The fourth-order valence-corrected chi connectivity index (χ4v) is 1.85. The molecule has 4 heteroatoms. The molecule has 0 aliphatic heterocycles. The van der Waals surface area contributed by atoms with E-state index in [1.165, 1.54) is 5.56 Å². The van der Waals surface area contributed by atoms with E-state index < -0.39 is 5.97 Å². The van der Waals surface area contributed by atoms with Crippen molar-refractivity contribution in [3.8, 4) is 11.1 Å². The van der Waals surface area contributed by atoms with Gasteiger partial charge in [-0.2, -0.15) is 0 Å². The molecule has 0 unspecified atom stereocenters. The Morgan fingerprint density at radius 1 is 0.960 bits per heavy atom. The van der Waals surface area contributed by atoms with E-state index in [0.717, 1.165) is 22.3 Å². The summed E-state index contributed by atoms with van der Waals surface area (Å²) in [5, 5.41) is 8.87. The first-order valence-electron chi connectivity index (χ1n) is 7.87. The van der Waals surface area contributed by atoms with E-state index in [4.69, 9.17) is 5.11 Å². The van der Waals surface area contributed by atoms with Crippen LogP contribution in [0.1, 0.15) is 44.4 Å². The summed E-state index contributed by atoms with van der Waals surface area (Å²) in [6.07, 6.45) is 0.0194. The third-order valence-corrected chi connectivity index (χ3v) is 2.95. The van der Waals surface area contributed by atoms with E-state index in [0.29, 0.717) is 0 Å². The maximum Gasteiger partial charge on any atom is 0.306 e. The van der Waals surface area contributed by atoms with Crippen molar-refractivity contribution < 1.29 is 63.7 Å². The minimum atomic E-state index is -0.824. The second-order valence-electron chi connectivity index (χ2n) is 4.47.